The topological polar surface area (TPSA) is 59.3 Å². The molecule has 23 heavy (non-hydrogen) atoms. The fourth-order valence-corrected chi connectivity index (χ4v) is 3.35. The van der Waals surface area contributed by atoms with Gasteiger partial charge in [-0.05, 0) is 43.9 Å². The maximum absolute atomic E-state index is 12.6. The minimum atomic E-state index is -0.150. The Bertz CT molecular complexity index is 888. The Morgan fingerprint density at radius 3 is 2.61 bits per heavy atom. The standard InChI is InChI=1S/C18H18N4O/c1-11-7-12(2)22-10-19-16(17(22)20-11)18(23)21-15-8-13-5-3-4-6-14(13)9-15/h3-7,10,15H,8-9H2,1-2H3,(H,21,23). The molecule has 1 aliphatic rings. The molecule has 0 saturated heterocycles. The molecule has 116 valence electrons. The molecule has 1 N–H and O–H groups in total. The summed E-state index contributed by atoms with van der Waals surface area (Å²) in [6.07, 6.45) is 3.41. The van der Waals surface area contributed by atoms with Crippen molar-refractivity contribution in [2.45, 2.75) is 32.7 Å². The number of aromatic nitrogens is 3. The first-order valence-corrected chi connectivity index (χ1v) is 7.81. The summed E-state index contributed by atoms with van der Waals surface area (Å²) in [5.74, 6) is -0.150. The molecule has 4 rings (SSSR count). The Morgan fingerprint density at radius 2 is 1.91 bits per heavy atom. The zero-order valence-electron chi connectivity index (χ0n) is 13.2. The summed E-state index contributed by atoms with van der Waals surface area (Å²) in [4.78, 5) is 21.4. The van der Waals surface area contributed by atoms with Crippen LogP contribution < -0.4 is 5.32 Å². The van der Waals surface area contributed by atoms with Crippen molar-refractivity contribution in [2.75, 3.05) is 0 Å². The van der Waals surface area contributed by atoms with E-state index in [1.54, 1.807) is 6.33 Å². The molecule has 1 aromatic carbocycles. The molecule has 2 aromatic heterocycles. The van der Waals surface area contributed by atoms with Gasteiger partial charge < -0.3 is 5.32 Å². The van der Waals surface area contributed by atoms with Gasteiger partial charge in [-0.1, -0.05) is 24.3 Å². The Hall–Kier alpha value is -2.69. The first kappa shape index (κ1) is 13.9. The molecule has 3 aromatic rings. The van der Waals surface area contributed by atoms with E-state index in [4.69, 9.17) is 0 Å². The lowest BCUT2D eigenvalue weighted by Gasteiger charge is -2.11. The monoisotopic (exact) mass is 306 g/mol. The first-order valence-electron chi connectivity index (χ1n) is 7.81. The van der Waals surface area contributed by atoms with Crippen LogP contribution in [0, 0.1) is 13.8 Å². The number of carbonyl (C=O) groups is 1. The average molecular weight is 306 g/mol. The largest absolute Gasteiger partial charge is 0.347 e. The summed E-state index contributed by atoms with van der Waals surface area (Å²) in [5.41, 5.74) is 5.56. The lowest BCUT2D eigenvalue weighted by Crippen LogP contribution is -2.35. The highest BCUT2D eigenvalue weighted by atomic mass is 16.2. The zero-order chi connectivity index (χ0) is 16.0. The highest BCUT2D eigenvalue weighted by Gasteiger charge is 2.25. The summed E-state index contributed by atoms with van der Waals surface area (Å²) in [6, 6.07) is 10.4. The molecule has 0 saturated carbocycles. The number of amides is 1. The van der Waals surface area contributed by atoms with Gasteiger partial charge in [-0.25, -0.2) is 9.97 Å². The van der Waals surface area contributed by atoms with Gasteiger partial charge in [0.1, 0.15) is 6.33 Å². The fraction of sp³-hybridized carbons (Fsp3) is 0.278. The van der Waals surface area contributed by atoms with Crippen molar-refractivity contribution < 1.29 is 4.79 Å². The lowest BCUT2D eigenvalue weighted by atomic mass is 10.1. The quantitative estimate of drug-likeness (QED) is 0.790. The number of imidazole rings is 1. The molecule has 0 unspecified atom stereocenters. The number of benzene rings is 1. The van der Waals surface area contributed by atoms with Crippen molar-refractivity contribution >= 4 is 11.6 Å². The molecule has 0 spiro atoms. The third kappa shape index (κ3) is 2.38. The molecule has 5 nitrogen and oxygen atoms in total. The zero-order valence-corrected chi connectivity index (χ0v) is 13.2. The molecule has 1 amide bonds. The van der Waals surface area contributed by atoms with Gasteiger partial charge in [0.15, 0.2) is 11.3 Å². The molecule has 0 atom stereocenters. The second kappa shape index (κ2) is 5.19. The third-order valence-electron chi connectivity index (χ3n) is 4.42. The lowest BCUT2D eigenvalue weighted by molar-refractivity contribution is 0.0935. The fourth-order valence-electron chi connectivity index (χ4n) is 3.35. The summed E-state index contributed by atoms with van der Waals surface area (Å²) < 4.78 is 1.85. The van der Waals surface area contributed by atoms with E-state index in [1.165, 1.54) is 11.1 Å². The van der Waals surface area contributed by atoms with Crippen LogP contribution in [0.25, 0.3) is 5.65 Å². The Morgan fingerprint density at radius 1 is 1.22 bits per heavy atom. The van der Waals surface area contributed by atoms with E-state index in [-0.39, 0.29) is 11.9 Å². The summed E-state index contributed by atoms with van der Waals surface area (Å²) >= 11 is 0. The highest BCUT2D eigenvalue weighted by Crippen LogP contribution is 2.22. The Balaban J connectivity index is 1.59. The SMILES string of the molecule is Cc1cc(C)n2cnc(C(=O)NC3Cc4ccccc4C3)c2n1. The van der Waals surface area contributed by atoms with Crippen LogP contribution in [0.5, 0.6) is 0 Å². The van der Waals surface area contributed by atoms with Gasteiger partial charge in [-0.3, -0.25) is 9.20 Å². The van der Waals surface area contributed by atoms with E-state index in [1.807, 2.05) is 36.4 Å². The van der Waals surface area contributed by atoms with E-state index >= 15 is 0 Å². The number of nitrogens with one attached hydrogen (secondary N) is 1. The minimum absolute atomic E-state index is 0.127. The van der Waals surface area contributed by atoms with Gasteiger partial charge in [0, 0.05) is 17.4 Å². The van der Waals surface area contributed by atoms with Crippen molar-refractivity contribution in [3.63, 3.8) is 0 Å². The van der Waals surface area contributed by atoms with Crippen molar-refractivity contribution in [3.8, 4) is 0 Å². The first-order chi connectivity index (χ1) is 11.1. The third-order valence-corrected chi connectivity index (χ3v) is 4.42. The van der Waals surface area contributed by atoms with Crippen molar-refractivity contribution in [2.24, 2.45) is 0 Å². The maximum atomic E-state index is 12.6. The summed E-state index contributed by atoms with van der Waals surface area (Å²) in [5, 5.41) is 3.10. The predicted molar refractivity (Wildman–Crippen MR) is 87.6 cm³/mol. The number of hydrogen-bond acceptors (Lipinski definition) is 3. The van der Waals surface area contributed by atoms with E-state index in [2.05, 4.69) is 27.4 Å². The number of fused-ring (bicyclic) bond motifs is 2. The van der Waals surface area contributed by atoms with Gasteiger partial charge in [-0.2, -0.15) is 0 Å². The Labute approximate surface area is 134 Å². The molecule has 0 aliphatic heterocycles. The smallest absolute Gasteiger partial charge is 0.274 e. The van der Waals surface area contributed by atoms with Crippen molar-refractivity contribution in [3.05, 3.63) is 64.9 Å². The minimum Gasteiger partial charge on any atom is -0.347 e. The molecular weight excluding hydrogens is 288 g/mol. The summed E-state index contributed by atoms with van der Waals surface area (Å²) in [7, 11) is 0. The van der Waals surface area contributed by atoms with Gasteiger partial charge in [0.05, 0.1) is 0 Å². The second-order valence-electron chi connectivity index (χ2n) is 6.17. The van der Waals surface area contributed by atoms with Crippen LogP contribution >= 0.6 is 0 Å². The van der Waals surface area contributed by atoms with E-state index in [9.17, 15) is 4.79 Å². The highest BCUT2D eigenvalue weighted by molar-refractivity contribution is 5.98. The molecule has 5 heteroatoms. The number of aryl methyl sites for hydroxylation is 2. The number of nitrogens with zero attached hydrogens (tertiary/aromatic N) is 3. The van der Waals surface area contributed by atoms with Crippen LogP contribution in [0.2, 0.25) is 0 Å². The van der Waals surface area contributed by atoms with Gasteiger partial charge in [-0.15, -0.1) is 0 Å². The molecule has 2 heterocycles. The van der Waals surface area contributed by atoms with E-state index in [0.29, 0.717) is 11.3 Å². The van der Waals surface area contributed by atoms with Gasteiger partial charge in [0.25, 0.3) is 5.91 Å². The molecular formula is C18H18N4O. The maximum Gasteiger partial charge on any atom is 0.274 e. The van der Waals surface area contributed by atoms with Gasteiger partial charge >= 0.3 is 0 Å². The molecule has 0 bridgehead atoms. The Kier molecular flexibility index (Phi) is 3.15. The number of rotatable bonds is 2. The molecule has 1 aliphatic carbocycles. The van der Waals surface area contributed by atoms with Crippen molar-refractivity contribution in [1.82, 2.24) is 19.7 Å². The second-order valence-corrected chi connectivity index (χ2v) is 6.17. The van der Waals surface area contributed by atoms with Crippen LogP contribution in [-0.4, -0.2) is 26.3 Å². The van der Waals surface area contributed by atoms with Crippen LogP contribution in [-0.2, 0) is 12.8 Å². The van der Waals surface area contributed by atoms with Crippen molar-refractivity contribution in [1.29, 1.82) is 0 Å². The van der Waals surface area contributed by atoms with Crippen LogP contribution in [0.1, 0.15) is 33.0 Å². The summed E-state index contributed by atoms with van der Waals surface area (Å²) in [6.45, 7) is 3.91. The van der Waals surface area contributed by atoms with E-state index in [0.717, 1.165) is 24.2 Å². The number of carbonyl (C=O) groups excluding carboxylic acids is 1. The average Bonchev–Trinajstić information content (AvgIpc) is 3.10. The normalized spacial score (nSPS) is 14.2. The van der Waals surface area contributed by atoms with Gasteiger partial charge in [0.2, 0.25) is 0 Å². The van der Waals surface area contributed by atoms with Crippen LogP contribution in [0.15, 0.2) is 36.7 Å². The number of hydrogen-bond donors (Lipinski definition) is 1. The molecule has 0 radical (unpaired) electrons. The van der Waals surface area contributed by atoms with Crippen LogP contribution in [0.4, 0.5) is 0 Å². The molecule has 0 fully saturated rings. The van der Waals surface area contributed by atoms with Crippen LogP contribution in [0.3, 0.4) is 0 Å². The van der Waals surface area contributed by atoms with E-state index < -0.39 is 0 Å². The predicted octanol–water partition coefficient (Wildman–Crippen LogP) is 2.24.